The van der Waals surface area contributed by atoms with Gasteiger partial charge in [-0.2, -0.15) is 0 Å². The van der Waals surface area contributed by atoms with Crippen LogP contribution in [0, 0.1) is 13.8 Å². The van der Waals surface area contributed by atoms with Gasteiger partial charge in [0.15, 0.2) is 5.69 Å². The molecule has 1 aliphatic rings. The molecule has 1 atom stereocenters. The van der Waals surface area contributed by atoms with Crippen molar-refractivity contribution in [1.82, 2.24) is 25.6 Å². The quantitative estimate of drug-likeness (QED) is 0.787. The van der Waals surface area contributed by atoms with Crippen molar-refractivity contribution in [1.29, 1.82) is 0 Å². The lowest BCUT2D eigenvalue weighted by Gasteiger charge is -2.23. The number of aryl methyl sites for hydroxylation is 1. The summed E-state index contributed by atoms with van der Waals surface area (Å²) < 4.78 is 7.65. The Kier molecular flexibility index (Phi) is 7.62. The number of carbonyl (C=O) groups is 1. The zero-order chi connectivity index (χ0) is 18.5. The van der Waals surface area contributed by atoms with Crippen LogP contribution in [0.4, 0.5) is 0 Å². The number of nitrogens with one attached hydrogen (secondary N) is 2. The second-order valence-electron chi connectivity index (χ2n) is 6.95. The standard InChI is InChI=1S/C19H27N5O2.ClH/c1-13-5-4-6-17(11-13)26-12-14(2)21-19(25)18-15(3)24(23-22-18)16-7-9-20-10-8-16;/h4-6,11,14,16,20H,7-10,12H2,1-3H3,(H,21,25);1H. The molecule has 3 rings (SSSR count). The van der Waals surface area contributed by atoms with Gasteiger partial charge in [0.1, 0.15) is 12.4 Å². The van der Waals surface area contributed by atoms with E-state index in [2.05, 4.69) is 20.9 Å². The molecule has 1 fully saturated rings. The summed E-state index contributed by atoms with van der Waals surface area (Å²) in [7, 11) is 0. The highest BCUT2D eigenvalue weighted by Crippen LogP contribution is 2.20. The Morgan fingerprint density at radius 3 is 2.81 bits per heavy atom. The first-order valence-corrected chi connectivity index (χ1v) is 9.17. The Morgan fingerprint density at radius 1 is 1.37 bits per heavy atom. The average molecular weight is 394 g/mol. The predicted octanol–water partition coefficient (Wildman–Crippen LogP) is 2.44. The van der Waals surface area contributed by atoms with Gasteiger partial charge in [-0.3, -0.25) is 4.79 Å². The van der Waals surface area contributed by atoms with Crippen LogP contribution < -0.4 is 15.4 Å². The third-order valence-corrected chi connectivity index (χ3v) is 4.66. The first kappa shape index (κ1) is 21.2. The van der Waals surface area contributed by atoms with Crippen molar-refractivity contribution in [3.8, 4) is 5.75 Å². The Hall–Kier alpha value is -2.12. The first-order valence-electron chi connectivity index (χ1n) is 9.17. The number of hydrogen-bond acceptors (Lipinski definition) is 5. The molecule has 7 nitrogen and oxygen atoms in total. The van der Waals surface area contributed by atoms with Gasteiger partial charge in [0, 0.05) is 0 Å². The maximum absolute atomic E-state index is 12.5. The lowest BCUT2D eigenvalue weighted by atomic mass is 10.1. The molecule has 0 radical (unpaired) electrons. The minimum Gasteiger partial charge on any atom is -0.491 e. The van der Waals surface area contributed by atoms with Crippen molar-refractivity contribution >= 4 is 18.3 Å². The van der Waals surface area contributed by atoms with E-state index in [9.17, 15) is 4.79 Å². The molecule has 2 aromatic rings. The summed E-state index contributed by atoms with van der Waals surface area (Å²) in [6.07, 6.45) is 2.01. The SMILES string of the molecule is Cc1cccc(OCC(C)NC(=O)c2nnn(C3CCNCC3)c2C)c1.Cl. The van der Waals surface area contributed by atoms with Crippen LogP contribution in [0.15, 0.2) is 24.3 Å². The summed E-state index contributed by atoms with van der Waals surface area (Å²) in [5.41, 5.74) is 2.36. The lowest BCUT2D eigenvalue weighted by molar-refractivity contribution is 0.0920. The van der Waals surface area contributed by atoms with E-state index in [0.29, 0.717) is 18.3 Å². The highest BCUT2D eigenvalue weighted by Gasteiger charge is 2.23. The molecule has 27 heavy (non-hydrogen) atoms. The van der Waals surface area contributed by atoms with Crippen LogP contribution in [0.3, 0.4) is 0 Å². The first-order chi connectivity index (χ1) is 12.5. The van der Waals surface area contributed by atoms with Gasteiger partial charge in [-0.1, -0.05) is 17.3 Å². The molecule has 2 heterocycles. The maximum Gasteiger partial charge on any atom is 0.274 e. The van der Waals surface area contributed by atoms with Crippen molar-refractivity contribution in [3.05, 3.63) is 41.2 Å². The molecule has 0 aliphatic carbocycles. The molecular weight excluding hydrogens is 366 g/mol. The van der Waals surface area contributed by atoms with Gasteiger partial charge in [-0.05, 0) is 64.4 Å². The summed E-state index contributed by atoms with van der Waals surface area (Å²) in [5.74, 6) is 0.599. The molecule has 8 heteroatoms. The Labute approximate surface area is 166 Å². The normalized spacial score (nSPS) is 15.7. The van der Waals surface area contributed by atoms with Crippen LogP contribution >= 0.6 is 12.4 Å². The van der Waals surface area contributed by atoms with E-state index >= 15 is 0 Å². The van der Waals surface area contributed by atoms with Crippen LogP contribution in [0.2, 0.25) is 0 Å². The zero-order valence-corrected chi connectivity index (χ0v) is 16.9. The van der Waals surface area contributed by atoms with Gasteiger partial charge >= 0.3 is 0 Å². The minimum atomic E-state index is -0.206. The van der Waals surface area contributed by atoms with Crippen molar-refractivity contribution in [2.24, 2.45) is 0 Å². The summed E-state index contributed by atoms with van der Waals surface area (Å²) in [6.45, 7) is 8.19. The number of piperidine rings is 1. The van der Waals surface area contributed by atoms with E-state index in [4.69, 9.17) is 4.74 Å². The molecule has 0 saturated carbocycles. The van der Waals surface area contributed by atoms with E-state index in [-0.39, 0.29) is 24.4 Å². The third kappa shape index (κ3) is 5.43. The molecule has 1 aromatic carbocycles. The van der Waals surface area contributed by atoms with E-state index in [1.807, 2.05) is 49.7 Å². The van der Waals surface area contributed by atoms with Gasteiger partial charge in [0.25, 0.3) is 5.91 Å². The van der Waals surface area contributed by atoms with Crippen molar-refractivity contribution in [2.45, 2.75) is 45.7 Å². The van der Waals surface area contributed by atoms with Crippen LogP contribution in [0.5, 0.6) is 5.75 Å². The summed E-state index contributed by atoms with van der Waals surface area (Å²) in [6, 6.07) is 8.04. The van der Waals surface area contributed by atoms with E-state index in [1.165, 1.54) is 0 Å². The number of rotatable bonds is 6. The van der Waals surface area contributed by atoms with Crippen LogP contribution in [-0.2, 0) is 0 Å². The molecule has 1 aliphatic heterocycles. The molecule has 1 saturated heterocycles. The monoisotopic (exact) mass is 393 g/mol. The van der Waals surface area contributed by atoms with Gasteiger partial charge in [0.2, 0.25) is 0 Å². The van der Waals surface area contributed by atoms with Crippen LogP contribution in [-0.4, -0.2) is 46.6 Å². The molecule has 0 bridgehead atoms. The highest BCUT2D eigenvalue weighted by molar-refractivity contribution is 5.93. The molecule has 148 valence electrons. The molecule has 2 N–H and O–H groups in total. The summed E-state index contributed by atoms with van der Waals surface area (Å²) in [5, 5.41) is 14.6. The van der Waals surface area contributed by atoms with Crippen LogP contribution in [0.1, 0.15) is 47.6 Å². The molecular formula is C19H28ClN5O2. The number of benzene rings is 1. The number of aromatic nitrogens is 3. The predicted molar refractivity (Wildman–Crippen MR) is 107 cm³/mol. The van der Waals surface area contributed by atoms with Gasteiger partial charge in [-0.15, -0.1) is 17.5 Å². The number of ether oxygens (including phenoxy) is 1. The Morgan fingerprint density at radius 2 is 2.11 bits per heavy atom. The zero-order valence-electron chi connectivity index (χ0n) is 16.1. The number of hydrogen-bond donors (Lipinski definition) is 2. The van der Waals surface area contributed by atoms with Gasteiger partial charge < -0.3 is 15.4 Å². The van der Waals surface area contributed by atoms with Crippen molar-refractivity contribution < 1.29 is 9.53 Å². The molecule has 1 amide bonds. The summed E-state index contributed by atoms with van der Waals surface area (Å²) >= 11 is 0. The number of halogens is 1. The largest absolute Gasteiger partial charge is 0.491 e. The lowest BCUT2D eigenvalue weighted by Crippen LogP contribution is -2.37. The Bertz CT molecular complexity index is 758. The average Bonchev–Trinajstić information content (AvgIpc) is 3.02. The molecule has 0 spiro atoms. The van der Waals surface area contributed by atoms with Crippen molar-refractivity contribution in [2.75, 3.05) is 19.7 Å². The second-order valence-corrected chi connectivity index (χ2v) is 6.95. The minimum absolute atomic E-state index is 0. The molecule has 1 unspecified atom stereocenters. The summed E-state index contributed by atoms with van der Waals surface area (Å²) in [4.78, 5) is 12.5. The fourth-order valence-corrected chi connectivity index (χ4v) is 3.21. The van der Waals surface area contributed by atoms with Crippen LogP contribution in [0.25, 0.3) is 0 Å². The fourth-order valence-electron chi connectivity index (χ4n) is 3.21. The smallest absolute Gasteiger partial charge is 0.274 e. The number of amides is 1. The molecule has 1 aromatic heterocycles. The second kappa shape index (κ2) is 9.71. The topological polar surface area (TPSA) is 81.1 Å². The van der Waals surface area contributed by atoms with Gasteiger partial charge in [-0.25, -0.2) is 4.68 Å². The van der Waals surface area contributed by atoms with E-state index in [1.54, 1.807) is 0 Å². The van der Waals surface area contributed by atoms with E-state index < -0.39 is 0 Å². The van der Waals surface area contributed by atoms with E-state index in [0.717, 1.165) is 42.9 Å². The third-order valence-electron chi connectivity index (χ3n) is 4.66. The fraction of sp³-hybridized carbons (Fsp3) is 0.526. The van der Waals surface area contributed by atoms with Gasteiger partial charge in [0.05, 0.1) is 17.8 Å². The number of carbonyl (C=O) groups excluding carboxylic acids is 1. The maximum atomic E-state index is 12.5. The van der Waals surface area contributed by atoms with Crippen molar-refractivity contribution in [3.63, 3.8) is 0 Å². The number of nitrogens with zero attached hydrogens (tertiary/aromatic N) is 3. The Balaban J connectivity index is 0.00000261. The highest BCUT2D eigenvalue weighted by atomic mass is 35.5.